The van der Waals surface area contributed by atoms with E-state index in [1.54, 1.807) is 19.1 Å². The van der Waals surface area contributed by atoms with E-state index in [1.165, 1.54) is 12.1 Å². The van der Waals surface area contributed by atoms with Crippen molar-refractivity contribution < 1.29 is 18.0 Å². The maximum absolute atomic E-state index is 12.8. The third-order valence-corrected chi connectivity index (χ3v) is 3.72. The maximum Gasteiger partial charge on any atom is 0.416 e. The van der Waals surface area contributed by atoms with Crippen LogP contribution < -0.4 is 5.73 Å². The standard InChI is InChI=1S/C15H11BrF3NO/c1-8-6-10(20)3-4-11(8)14(21)12-7-9(15(17,18)19)2-5-13(12)16/h2-7H,20H2,1H3. The van der Waals surface area contributed by atoms with E-state index in [4.69, 9.17) is 5.73 Å². The van der Waals surface area contributed by atoms with Crippen molar-refractivity contribution in [3.63, 3.8) is 0 Å². The largest absolute Gasteiger partial charge is 0.416 e. The summed E-state index contributed by atoms with van der Waals surface area (Å²) in [6.07, 6.45) is -4.49. The molecule has 0 radical (unpaired) electrons. The number of anilines is 1. The zero-order valence-electron chi connectivity index (χ0n) is 11.0. The summed E-state index contributed by atoms with van der Waals surface area (Å²) in [6, 6.07) is 7.66. The van der Waals surface area contributed by atoms with Gasteiger partial charge in [0.05, 0.1) is 5.56 Å². The average Bonchev–Trinajstić information content (AvgIpc) is 2.37. The fraction of sp³-hybridized carbons (Fsp3) is 0.133. The van der Waals surface area contributed by atoms with E-state index in [9.17, 15) is 18.0 Å². The molecular formula is C15H11BrF3NO. The number of rotatable bonds is 2. The zero-order valence-corrected chi connectivity index (χ0v) is 12.5. The van der Waals surface area contributed by atoms with Gasteiger partial charge in [-0.1, -0.05) is 15.9 Å². The second kappa shape index (κ2) is 5.52. The van der Waals surface area contributed by atoms with Gasteiger partial charge in [-0.15, -0.1) is 0 Å². The number of ketones is 1. The van der Waals surface area contributed by atoms with E-state index < -0.39 is 17.5 Å². The topological polar surface area (TPSA) is 43.1 Å². The smallest absolute Gasteiger partial charge is 0.399 e. The van der Waals surface area contributed by atoms with Gasteiger partial charge >= 0.3 is 6.18 Å². The number of carbonyl (C=O) groups excluding carboxylic acids is 1. The molecule has 2 aromatic rings. The first-order chi connectivity index (χ1) is 9.70. The molecule has 2 rings (SSSR count). The molecule has 0 atom stereocenters. The van der Waals surface area contributed by atoms with Gasteiger partial charge in [-0.05, 0) is 48.9 Å². The highest BCUT2D eigenvalue weighted by atomic mass is 79.9. The number of carbonyl (C=O) groups is 1. The summed E-state index contributed by atoms with van der Waals surface area (Å²) in [5, 5.41) is 0. The number of nitrogens with two attached hydrogens (primary N) is 1. The normalized spacial score (nSPS) is 11.5. The van der Waals surface area contributed by atoms with Crippen molar-refractivity contribution in [2.24, 2.45) is 0 Å². The molecule has 0 aliphatic heterocycles. The predicted octanol–water partition coefficient (Wildman–Crippen LogP) is 4.59. The summed E-state index contributed by atoms with van der Waals surface area (Å²) in [6.45, 7) is 1.69. The number of alkyl halides is 3. The molecule has 0 saturated heterocycles. The number of hydrogen-bond acceptors (Lipinski definition) is 2. The maximum atomic E-state index is 12.8. The van der Waals surface area contributed by atoms with Crippen LogP contribution in [0.4, 0.5) is 18.9 Å². The van der Waals surface area contributed by atoms with Crippen molar-refractivity contribution in [1.82, 2.24) is 0 Å². The molecule has 0 unspecified atom stereocenters. The van der Waals surface area contributed by atoms with Gasteiger partial charge in [0.25, 0.3) is 0 Å². The van der Waals surface area contributed by atoms with E-state index in [1.807, 2.05) is 0 Å². The summed E-state index contributed by atoms with van der Waals surface area (Å²) >= 11 is 3.12. The first kappa shape index (κ1) is 15.6. The van der Waals surface area contributed by atoms with Gasteiger partial charge in [0, 0.05) is 21.3 Å². The fourth-order valence-corrected chi connectivity index (χ4v) is 2.39. The Hall–Kier alpha value is -1.82. The first-order valence-corrected chi connectivity index (χ1v) is 6.77. The lowest BCUT2D eigenvalue weighted by Gasteiger charge is -2.11. The molecule has 0 spiro atoms. The van der Waals surface area contributed by atoms with Gasteiger partial charge in [0.2, 0.25) is 0 Å². The molecule has 0 saturated carbocycles. The lowest BCUT2D eigenvalue weighted by Crippen LogP contribution is -2.10. The minimum atomic E-state index is -4.49. The SMILES string of the molecule is Cc1cc(N)ccc1C(=O)c1cc(C(F)(F)F)ccc1Br. The molecule has 0 bridgehead atoms. The van der Waals surface area contributed by atoms with E-state index >= 15 is 0 Å². The molecule has 0 heterocycles. The van der Waals surface area contributed by atoms with Crippen molar-refractivity contribution in [2.45, 2.75) is 13.1 Å². The minimum absolute atomic E-state index is 0.0299. The van der Waals surface area contributed by atoms with Crippen molar-refractivity contribution in [3.05, 3.63) is 63.1 Å². The summed E-state index contributed by atoms with van der Waals surface area (Å²) in [4.78, 5) is 12.4. The van der Waals surface area contributed by atoms with Crippen LogP contribution >= 0.6 is 15.9 Å². The van der Waals surface area contributed by atoms with Crippen molar-refractivity contribution in [2.75, 3.05) is 5.73 Å². The number of halogens is 4. The van der Waals surface area contributed by atoms with Gasteiger partial charge in [0.15, 0.2) is 5.78 Å². The Kier molecular flexibility index (Phi) is 4.09. The van der Waals surface area contributed by atoms with Gasteiger partial charge in [-0.25, -0.2) is 0 Å². The first-order valence-electron chi connectivity index (χ1n) is 5.97. The minimum Gasteiger partial charge on any atom is -0.399 e. The molecule has 2 aromatic carbocycles. The van der Waals surface area contributed by atoms with Crippen LogP contribution in [-0.2, 0) is 6.18 Å². The molecule has 2 nitrogen and oxygen atoms in total. The van der Waals surface area contributed by atoms with Crippen molar-refractivity contribution in [1.29, 1.82) is 0 Å². The molecule has 6 heteroatoms. The van der Waals surface area contributed by atoms with Crippen LogP contribution in [0.15, 0.2) is 40.9 Å². The quantitative estimate of drug-likeness (QED) is 0.630. The molecule has 0 aliphatic carbocycles. The number of hydrogen-bond donors (Lipinski definition) is 1. The van der Waals surface area contributed by atoms with Crippen LogP contribution in [-0.4, -0.2) is 5.78 Å². The molecule has 21 heavy (non-hydrogen) atoms. The fourth-order valence-electron chi connectivity index (χ4n) is 1.96. The van der Waals surface area contributed by atoms with Crippen LogP contribution in [0.3, 0.4) is 0 Å². The van der Waals surface area contributed by atoms with E-state index in [0.717, 1.165) is 12.1 Å². The zero-order chi connectivity index (χ0) is 15.8. The van der Waals surface area contributed by atoms with Gasteiger partial charge in [-0.3, -0.25) is 4.79 Å². The lowest BCUT2D eigenvalue weighted by molar-refractivity contribution is -0.137. The summed E-state index contributed by atoms with van der Waals surface area (Å²) in [5.41, 5.74) is 6.15. The highest BCUT2D eigenvalue weighted by Gasteiger charge is 2.31. The monoisotopic (exact) mass is 357 g/mol. The second-order valence-corrected chi connectivity index (χ2v) is 5.45. The Labute approximate surface area is 127 Å². The molecule has 0 amide bonds. The van der Waals surface area contributed by atoms with Gasteiger partial charge < -0.3 is 5.73 Å². The Morgan fingerprint density at radius 1 is 1.10 bits per heavy atom. The highest BCUT2D eigenvalue weighted by Crippen LogP contribution is 2.33. The number of benzene rings is 2. The van der Waals surface area contributed by atoms with Gasteiger partial charge in [-0.2, -0.15) is 13.2 Å². The Balaban J connectivity index is 2.53. The summed E-state index contributed by atoms with van der Waals surface area (Å²) in [5.74, 6) is -0.481. The summed E-state index contributed by atoms with van der Waals surface area (Å²) in [7, 11) is 0. The van der Waals surface area contributed by atoms with E-state index in [-0.39, 0.29) is 5.56 Å². The average molecular weight is 358 g/mol. The van der Waals surface area contributed by atoms with Crippen molar-refractivity contribution in [3.8, 4) is 0 Å². The molecule has 0 aromatic heterocycles. The Bertz CT molecular complexity index is 711. The van der Waals surface area contributed by atoms with Crippen LogP contribution in [0, 0.1) is 6.92 Å². The van der Waals surface area contributed by atoms with Crippen molar-refractivity contribution >= 4 is 27.4 Å². The van der Waals surface area contributed by atoms with Gasteiger partial charge in [0.1, 0.15) is 0 Å². The lowest BCUT2D eigenvalue weighted by atomic mass is 9.97. The molecule has 0 aliphatic rings. The predicted molar refractivity (Wildman–Crippen MR) is 78.2 cm³/mol. The van der Waals surface area contributed by atoms with Crippen LogP contribution in [0.1, 0.15) is 27.0 Å². The Morgan fingerprint density at radius 3 is 2.33 bits per heavy atom. The Morgan fingerprint density at radius 2 is 1.76 bits per heavy atom. The second-order valence-electron chi connectivity index (χ2n) is 4.60. The van der Waals surface area contributed by atoms with E-state index in [2.05, 4.69) is 15.9 Å². The van der Waals surface area contributed by atoms with Crippen LogP contribution in [0.5, 0.6) is 0 Å². The highest BCUT2D eigenvalue weighted by molar-refractivity contribution is 9.10. The molecule has 2 N–H and O–H groups in total. The molecule has 0 fully saturated rings. The number of aryl methyl sites for hydroxylation is 1. The number of nitrogen functional groups attached to an aromatic ring is 1. The van der Waals surface area contributed by atoms with Crippen LogP contribution in [0.2, 0.25) is 0 Å². The van der Waals surface area contributed by atoms with E-state index in [0.29, 0.717) is 21.3 Å². The molecular weight excluding hydrogens is 347 g/mol. The van der Waals surface area contributed by atoms with Crippen LogP contribution in [0.25, 0.3) is 0 Å². The molecule has 110 valence electrons. The third-order valence-electron chi connectivity index (χ3n) is 3.03. The third kappa shape index (κ3) is 3.26. The summed E-state index contributed by atoms with van der Waals surface area (Å²) < 4.78 is 38.6.